The molecule has 0 radical (unpaired) electrons. The van der Waals surface area contributed by atoms with E-state index in [4.69, 9.17) is 11.6 Å². The first kappa shape index (κ1) is 10.5. The Hall–Kier alpha value is -0.493. The fourth-order valence-corrected chi connectivity index (χ4v) is 0.737. The summed E-state index contributed by atoms with van der Waals surface area (Å²) in [6, 6.07) is 1.29. The van der Waals surface area contributed by atoms with Gasteiger partial charge in [0.25, 0.3) is 0 Å². The second-order valence-electron chi connectivity index (χ2n) is 1.64. The van der Waals surface area contributed by atoms with E-state index in [2.05, 4.69) is 4.98 Å². The molecule has 1 heterocycles. The van der Waals surface area contributed by atoms with Crippen LogP contribution in [-0.2, 0) is 0 Å². The Kier molecular flexibility index (Phi) is 4.20. The van der Waals surface area contributed by atoms with Gasteiger partial charge in [-0.1, -0.05) is 11.6 Å². The number of aromatic nitrogens is 1. The van der Waals surface area contributed by atoms with Gasteiger partial charge in [-0.3, -0.25) is 4.98 Å². The smallest absolute Gasteiger partial charge is 0.545 e. The summed E-state index contributed by atoms with van der Waals surface area (Å²) < 4.78 is 0. The maximum absolute atomic E-state index is 10.2. The maximum Gasteiger partial charge on any atom is 1.00 e. The Morgan fingerprint density at radius 2 is 2.27 bits per heavy atom. The van der Waals surface area contributed by atoms with Gasteiger partial charge in [0.2, 0.25) is 0 Å². The van der Waals surface area contributed by atoms with Gasteiger partial charge in [-0.25, -0.2) is 0 Å². The summed E-state index contributed by atoms with van der Waals surface area (Å²) in [6.45, 7) is 0. The van der Waals surface area contributed by atoms with Crippen molar-refractivity contribution in [2.75, 3.05) is 0 Å². The Morgan fingerprint density at radius 1 is 1.64 bits per heavy atom. The van der Waals surface area contributed by atoms with Crippen LogP contribution in [0, 0.1) is 0 Å². The predicted octanol–water partition coefficient (Wildman–Crippen LogP) is -2.90. The van der Waals surface area contributed by atoms with E-state index in [9.17, 15) is 9.90 Å². The van der Waals surface area contributed by atoms with Crippen molar-refractivity contribution < 1.29 is 28.8 Å². The monoisotopic (exact) mass is 163 g/mol. The van der Waals surface area contributed by atoms with Gasteiger partial charge in [0.05, 0.1) is 11.0 Å². The molecule has 11 heavy (non-hydrogen) atoms. The minimum Gasteiger partial charge on any atom is -0.545 e. The first-order chi connectivity index (χ1) is 4.72. The molecule has 0 unspecified atom stereocenters. The van der Waals surface area contributed by atoms with Gasteiger partial charge >= 0.3 is 18.9 Å². The Morgan fingerprint density at radius 3 is 2.64 bits per heavy atom. The van der Waals surface area contributed by atoms with E-state index in [-0.39, 0.29) is 29.4 Å². The summed E-state index contributed by atoms with van der Waals surface area (Å²) in [5, 5.41) is 10.3. The fourth-order valence-electron chi connectivity index (χ4n) is 0.541. The van der Waals surface area contributed by atoms with Gasteiger partial charge in [-0.15, -0.1) is 0 Å². The first-order valence-corrected chi connectivity index (χ1v) is 2.90. The van der Waals surface area contributed by atoms with E-state index >= 15 is 0 Å². The second kappa shape index (κ2) is 4.40. The van der Waals surface area contributed by atoms with Crippen LogP contribution >= 0.6 is 11.6 Å². The molecule has 0 aliphatic carbocycles. The van der Waals surface area contributed by atoms with Gasteiger partial charge in [0.15, 0.2) is 0 Å². The fraction of sp³-hybridized carbons (Fsp3) is 0. The van der Waals surface area contributed by atoms with Crippen molar-refractivity contribution in [1.82, 2.24) is 4.98 Å². The molecule has 0 amide bonds. The first-order valence-electron chi connectivity index (χ1n) is 2.52. The normalized spacial score (nSPS) is 8.45. The van der Waals surface area contributed by atoms with Crippen LogP contribution in [-0.4, -0.2) is 11.0 Å². The van der Waals surface area contributed by atoms with Crippen molar-refractivity contribution in [1.29, 1.82) is 0 Å². The number of carboxylic acids is 1. The molecule has 52 valence electrons. The molecule has 1 aromatic rings. The number of hydrogen-bond acceptors (Lipinski definition) is 3. The number of halogens is 1. The van der Waals surface area contributed by atoms with Gasteiger partial charge in [0.1, 0.15) is 0 Å². The minimum atomic E-state index is -1.28. The van der Waals surface area contributed by atoms with Crippen LogP contribution in [0.4, 0.5) is 0 Å². The summed E-state index contributed by atoms with van der Waals surface area (Å²) in [5.41, 5.74) is -0.0309. The zero-order valence-corrected chi connectivity index (χ0v) is 6.63. The quantitative estimate of drug-likeness (QED) is 0.418. The molecule has 0 bridgehead atoms. The molecular weight excluding hydrogens is 160 g/mol. The zero-order valence-electron chi connectivity index (χ0n) is 5.87. The molecule has 0 saturated carbocycles. The van der Waals surface area contributed by atoms with E-state index in [1.165, 1.54) is 18.5 Å². The predicted molar refractivity (Wildman–Crippen MR) is 33.6 cm³/mol. The molecule has 0 fully saturated rings. The molecule has 0 saturated heterocycles. The van der Waals surface area contributed by atoms with Crippen LogP contribution in [0.15, 0.2) is 18.5 Å². The van der Waals surface area contributed by atoms with Crippen molar-refractivity contribution in [3.05, 3.63) is 29.0 Å². The second-order valence-corrected chi connectivity index (χ2v) is 2.05. The molecule has 0 spiro atoms. The van der Waals surface area contributed by atoms with E-state index in [0.29, 0.717) is 0 Å². The number of carboxylic acid groups (broad SMARTS) is 1. The minimum absolute atomic E-state index is 0. The number of nitrogens with zero attached hydrogens (tertiary/aromatic N) is 1. The van der Waals surface area contributed by atoms with Crippen LogP contribution in [0.1, 0.15) is 10.4 Å². The van der Waals surface area contributed by atoms with Crippen LogP contribution in [0.3, 0.4) is 0 Å². The number of rotatable bonds is 1. The molecule has 0 N–H and O–H groups in total. The SMILES string of the molecule is O=C([O-])c1ccncc1Cl.[Li+]. The number of aromatic carboxylic acids is 1. The average molecular weight is 163 g/mol. The Labute approximate surface area is 80.6 Å². The van der Waals surface area contributed by atoms with Gasteiger partial charge in [-0.05, 0) is 6.07 Å². The number of hydrogen-bond donors (Lipinski definition) is 0. The third-order valence-electron chi connectivity index (χ3n) is 0.992. The van der Waals surface area contributed by atoms with Crippen molar-refractivity contribution in [2.24, 2.45) is 0 Å². The summed E-state index contributed by atoms with van der Waals surface area (Å²) in [4.78, 5) is 13.8. The van der Waals surface area contributed by atoms with Crippen molar-refractivity contribution in [2.45, 2.75) is 0 Å². The maximum atomic E-state index is 10.2. The Balaban J connectivity index is 0.000001000. The summed E-state index contributed by atoms with van der Waals surface area (Å²) >= 11 is 5.44. The molecule has 5 heteroatoms. The van der Waals surface area contributed by atoms with E-state index < -0.39 is 5.97 Å². The van der Waals surface area contributed by atoms with Crippen LogP contribution in [0.2, 0.25) is 5.02 Å². The number of carbonyl (C=O) groups excluding carboxylic acids is 1. The Bertz CT molecular complexity index is 267. The van der Waals surface area contributed by atoms with E-state index in [1.807, 2.05) is 0 Å². The number of pyridine rings is 1. The molecule has 3 nitrogen and oxygen atoms in total. The molecule has 0 aliphatic heterocycles. The average Bonchev–Trinajstić information content (AvgIpc) is 1.88. The van der Waals surface area contributed by atoms with Crippen molar-refractivity contribution in [3.8, 4) is 0 Å². The standard InChI is InChI=1S/C6H4ClNO2.Li/c7-5-3-8-2-1-4(5)6(9)10;/h1-3H,(H,9,10);/q;+1/p-1. The van der Waals surface area contributed by atoms with Crippen LogP contribution in [0.5, 0.6) is 0 Å². The summed E-state index contributed by atoms with van der Waals surface area (Å²) in [7, 11) is 0. The van der Waals surface area contributed by atoms with Crippen LogP contribution < -0.4 is 24.0 Å². The molecular formula is C6H3ClLiNO2. The van der Waals surface area contributed by atoms with Gasteiger partial charge in [0, 0.05) is 18.0 Å². The summed E-state index contributed by atoms with van der Waals surface area (Å²) in [5.74, 6) is -1.28. The molecule has 0 atom stereocenters. The van der Waals surface area contributed by atoms with E-state index in [0.717, 1.165) is 0 Å². The topological polar surface area (TPSA) is 53.0 Å². The van der Waals surface area contributed by atoms with Gasteiger partial charge in [-0.2, -0.15) is 0 Å². The molecule has 0 aliphatic rings. The zero-order chi connectivity index (χ0) is 7.56. The molecule has 1 aromatic heterocycles. The number of carbonyl (C=O) groups is 1. The van der Waals surface area contributed by atoms with Crippen molar-refractivity contribution in [3.63, 3.8) is 0 Å². The third kappa shape index (κ3) is 2.55. The summed E-state index contributed by atoms with van der Waals surface area (Å²) in [6.07, 6.45) is 2.60. The molecule has 1 rings (SSSR count). The van der Waals surface area contributed by atoms with Crippen molar-refractivity contribution >= 4 is 17.6 Å². The molecule has 0 aromatic carbocycles. The third-order valence-corrected chi connectivity index (χ3v) is 1.29. The van der Waals surface area contributed by atoms with Gasteiger partial charge < -0.3 is 9.90 Å². The van der Waals surface area contributed by atoms with Crippen LogP contribution in [0.25, 0.3) is 0 Å². The largest absolute Gasteiger partial charge is 1.00 e. The van der Waals surface area contributed by atoms with E-state index in [1.54, 1.807) is 0 Å².